The molecule has 0 bridgehead atoms. The van der Waals surface area contributed by atoms with Crippen molar-refractivity contribution in [1.82, 2.24) is 20.1 Å². The molecule has 52 heavy (non-hydrogen) atoms. The molecule has 0 aliphatic heterocycles. The van der Waals surface area contributed by atoms with E-state index in [9.17, 15) is 28.7 Å². The van der Waals surface area contributed by atoms with Gasteiger partial charge < -0.3 is 35.1 Å². The second-order valence-electron chi connectivity index (χ2n) is 15.2. The van der Waals surface area contributed by atoms with E-state index < -0.39 is 67.7 Å². The number of nitrogens with one attached hydrogen (secondary N) is 2. The number of ether oxygens (including phenoxy) is 1. The minimum atomic E-state index is -1.50. The van der Waals surface area contributed by atoms with Gasteiger partial charge in [-0.2, -0.15) is 0 Å². The van der Waals surface area contributed by atoms with E-state index in [1.165, 1.54) is 4.90 Å². The summed E-state index contributed by atoms with van der Waals surface area (Å²) in [5.41, 5.74) is 1.32. The zero-order valence-corrected chi connectivity index (χ0v) is 31.9. The maximum atomic E-state index is 15.1. The summed E-state index contributed by atoms with van der Waals surface area (Å²) in [4.78, 5) is 51.4. The van der Waals surface area contributed by atoms with Crippen LogP contribution in [0.2, 0.25) is 25.7 Å². The molecule has 4 N–H and O–H groups in total. The maximum absolute atomic E-state index is 15.1. The van der Waals surface area contributed by atoms with Crippen LogP contribution in [0.5, 0.6) is 0 Å². The molecule has 284 valence electrons. The Hall–Kier alpha value is -4.56. The topological polar surface area (TPSA) is 150 Å². The molecule has 0 spiro atoms. The largest absolute Gasteiger partial charge is 0.481 e. The minimum absolute atomic E-state index is 0.00630. The quantitative estimate of drug-likeness (QED) is 0.114. The molecule has 0 aliphatic rings. The van der Waals surface area contributed by atoms with Crippen LogP contribution in [0.4, 0.5) is 13.6 Å². The van der Waals surface area contributed by atoms with Gasteiger partial charge >= 0.3 is 12.1 Å². The smallest absolute Gasteiger partial charge is 0.407 e. The number of carbonyl (C=O) groups is 4. The van der Waals surface area contributed by atoms with E-state index in [4.69, 9.17) is 9.84 Å². The summed E-state index contributed by atoms with van der Waals surface area (Å²) in [5.74, 6) is -3.47. The Morgan fingerprint density at radius 3 is 2.31 bits per heavy atom. The van der Waals surface area contributed by atoms with E-state index in [1.54, 1.807) is 12.3 Å². The second kappa shape index (κ2) is 18.8. The van der Waals surface area contributed by atoms with Crippen LogP contribution in [0.1, 0.15) is 57.3 Å². The van der Waals surface area contributed by atoms with Gasteiger partial charge in [0.25, 0.3) is 0 Å². The summed E-state index contributed by atoms with van der Waals surface area (Å²) in [6.07, 6.45) is 0.517. The van der Waals surface area contributed by atoms with E-state index >= 15 is 4.39 Å². The number of carboxylic acids is 1. The number of carboxylic acid groups (broad SMARTS) is 1. The molecule has 0 saturated heterocycles. The van der Waals surface area contributed by atoms with Gasteiger partial charge in [-0.15, -0.1) is 0 Å². The van der Waals surface area contributed by atoms with Crippen molar-refractivity contribution >= 4 is 32.0 Å². The number of hydrogen-bond donors (Lipinski definition) is 4. The molecule has 14 heteroatoms. The van der Waals surface area contributed by atoms with Gasteiger partial charge in [0.05, 0.1) is 25.1 Å². The van der Waals surface area contributed by atoms with Crippen LogP contribution in [0.15, 0.2) is 60.8 Å². The van der Waals surface area contributed by atoms with Gasteiger partial charge in [0, 0.05) is 57.1 Å². The molecule has 3 aromatic rings. The minimum Gasteiger partial charge on any atom is -0.481 e. The molecule has 3 rings (SSSR count). The Bertz CT molecular complexity index is 1670. The molecule has 0 fully saturated rings. The highest BCUT2D eigenvalue weighted by Crippen LogP contribution is 2.41. The lowest BCUT2D eigenvalue weighted by molar-refractivity contribution is -0.139. The van der Waals surface area contributed by atoms with E-state index in [1.807, 2.05) is 55.7 Å². The SMILES string of the molecule is CC(C)(C)C(c1cc(-c2cc(F)ccc2F)cn1Cc1ccccc1)N(CCC(CNC(=O)CCC(=O)O)NC(=O)OCC[Si](C)(C)C)C(=O)CO. The van der Waals surface area contributed by atoms with Crippen molar-refractivity contribution in [3.63, 3.8) is 0 Å². The van der Waals surface area contributed by atoms with Crippen molar-refractivity contribution in [1.29, 1.82) is 0 Å². The van der Waals surface area contributed by atoms with Crippen molar-refractivity contribution in [3.05, 3.63) is 83.7 Å². The molecule has 11 nitrogen and oxygen atoms in total. The Morgan fingerprint density at radius 2 is 1.69 bits per heavy atom. The van der Waals surface area contributed by atoms with Crippen LogP contribution in [0, 0.1) is 17.0 Å². The fourth-order valence-corrected chi connectivity index (χ4v) is 6.54. The number of rotatable bonds is 18. The first kappa shape index (κ1) is 41.9. The number of aliphatic hydroxyl groups excluding tert-OH is 1. The van der Waals surface area contributed by atoms with Gasteiger partial charge in [0.15, 0.2) is 0 Å². The average Bonchev–Trinajstić information content (AvgIpc) is 3.46. The van der Waals surface area contributed by atoms with Gasteiger partial charge in [0.2, 0.25) is 11.8 Å². The predicted octanol–water partition coefficient (Wildman–Crippen LogP) is 6.19. The second-order valence-corrected chi connectivity index (χ2v) is 20.8. The maximum Gasteiger partial charge on any atom is 0.407 e. The van der Waals surface area contributed by atoms with Crippen molar-refractivity contribution in [2.24, 2.45) is 5.41 Å². The lowest BCUT2D eigenvalue weighted by Gasteiger charge is -2.41. The summed E-state index contributed by atoms with van der Waals surface area (Å²) < 4.78 is 36.8. The Kier molecular flexibility index (Phi) is 15.1. The molecule has 1 aromatic heterocycles. The Morgan fingerprint density at radius 1 is 1.00 bits per heavy atom. The normalized spacial score (nSPS) is 12.9. The number of halogens is 2. The highest BCUT2D eigenvalue weighted by molar-refractivity contribution is 6.76. The van der Waals surface area contributed by atoms with Gasteiger partial charge in [-0.05, 0) is 47.7 Å². The predicted molar refractivity (Wildman–Crippen MR) is 197 cm³/mol. The number of carbonyl (C=O) groups excluding carboxylic acids is 3. The van der Waals surface area contributed by atoms with E-state index in [0.29, 0.717) is 17.8 Å². The Balaban J connectivity index is 2.01. The zero-order chi connectivity index (χ0) is 38.6. The summed E-state index contributed by atoms with van der Waals surface area (Å²) >= 11 is 0. The number of alkyl carbamates (subject to hydrolysis) is 1. The first-order valence-corrected chi connectivity index (χ1v) is 21.1. The monoisotopic (exact) mass is 742 g/mol. The number of benzene rings is 2. The molecule has 3 amide bonds. The zero-order valence-electron chi connectivity index (χ0n) is 30.9. The lowest BCUT2D eigenvalue weighted by Crippen LogP contribution is -2.48. The van der Waals surface area contributed by atoms with Crippen LogP contribution in [0.3, 0.4) is 0 Å². The van der Waals surface area contributed by atoms with Crippen molar-refractivity contribution in [2.45, 2.75) is 84.3 Å². The molecule has 2 unspecified atom stereocenters. The average molecular weight is 743 g/mol. The third-order valence-electron chi connectivity index (χ3n) is 8.47. The molecule has 0 saturated carbocycles. The summed E-state index contributed by atoms with van der Waals surface area (Å²) in [5, 5.41) is 24.6. The molecular formula is C38H52F2N4O7Si. The summed E-state index contributed by atoms with van der Waals surface area (Å²) in [6.45, 7) is 11.9. The lowest BCUT2D eigenvalue weighted by atomic mass is 9.82. The fraction of sp³-hybridized carbons (Fsp3) is 0.474. The van der Waals surface area contributed by atoms with Gasteiger partial charge in [-0.3, -0.25) is 14.4 Å². The summed E-state index contributed by atoms with van der Waals surface area (Å²) in [6, 6.07) is 13.8. The first-order chi connectivity index (χ1) is 24.4. The number of nitrogens with zero attached hydrogens (tertiary/aromatic N) is 2. The van der Waals surface area contributed by atoms with Crippen LogP contribution >= 0.6 is 0 Å². The van der Waals surface area contributed by atoms with E-state index in [-0.39, 0.29) is 44.5 Å². The van der Waals surface area contributed by atoms with Crippen molar-refractivity contribution in [3.8, 4) is 11.1 Å². The van der Waals surface area contributed by atoms with Crippen molar-refractivity contribution in [2.75, 3.05) is 26.3 Å². The summed E-state index contributed by atoms with van der Waals surface area (Å²) in [7, 11) is -1.50. The molecule has 0 radical (unpaired) electrons. The first-order valence-electron chi connectivity index (χ1n) is 17.4. The van der Waals surface area contributed by atoms with Gasteiger partial charge in [0.1, 0.15) is 18.2 Å². The van der Waals surface area contributed by atoms with E-state index in [2.05, 4.69) is 30.3 Å². The van der Waals surface area contributed by atoms with Crippen molar-refractivity contribution < 1.29 is 42.9 Å². The Labute approximate surface area is 305 Å². The number of hydrogen-bond acceptors (Lipinski definition) is 6. The third kappa shape index (κ3) is 13.2. The number of amides is 3. The van der Waals surface area contributed by atoms with Crippen LogP contribution < -0.4 is 10.6 Å². The molecule has 2 atom stereocenters. The molecule has 2 aromatic carbocycles. The fourth-order valence-electron chi connectivity index (χ4n) is 5.82. The van der Waals surface area contributed by atoms with E-state index in [0.717, 1.165) is 29.8 Å². The molecule has 1 heterocycles. The number of aliphatic carboxylic acids is 1. The van der Waals surface area contributed by atoms with Gasteiger partial charge in [-0.25, -0.2) is 13.6 Å². The van der Waals surface area contributed by atoms with Gasteiger partial charge in [-0.1, -0.05) is 70.7 Å². The third-order valence-corrected chi connectivity index (χ3v) is 10.2. The highest BCUT2D eigenvalue weighted by Gasteiger charge is 2.37. The standard InChI is InChI=1S/C38H52F2N4O7Si/c1-38(2,3)36(32-20-27(30-21-28(39)12-13-31(30)40)24-43(32)23-26-10-8-7-9-11-26)44(34(47)25-45)17-16-29(22-41-33(46)14-15-35(48)49)42-37(50)51-18-19-52(4,5)6/h7-13,20-21,24,29,36,45H,14-19,22-23,25H2,1-6H3,(H,41,46)(H,42,50)(H,48,49). The molecule has 0 aliphatic carbocycles. The number of aliphatic hydroxyl groups is 1. The van der Waals surface area contributed by atoms with Crippen LogP contribution in [-0.4, -0.2) is 84.0 Å². The molecular weight excluding hydrogens is 691 g/mol. The highest BCUT2D eigenvalue weighted by atomic mass is 28.3. The van der Waals surface area contributed by atoms with Crippen LogP contribution in [-0.2, 0) is 25.7 Å². The number of aromatic nitrogens is 1. The van der Waals surface area contributed by atoms with Crippen LogP contribution in [0.25, 0.3) is 11.1 Å².